The summed E-state index contributed by atoms with van der Waals surface area (Å²) in [4.78, 5) is 0. The van der Waals surface area contributed by atoms with Gasteiger partial charge in [-0.25, -0.2) is 8.42 Å². The maximum absolute atomic E-state index is 10.9. The van der Waals surface area contributed by atoms with Gasteiger partial charge in [-0.05, 0) is 26.3 Å². The van der Waals surface area contributed by atoms with E-state index in [1.807, 2.05) is 7.05 Å². The van der Waals surface area contributed by atoms with Gasteiger partial charge in [0, 0.05) is 18.1 Å². The van der Waals surface area contributed by atoms with Crippen molar-refractivity contribution in [1.82, 2.24) is 5.32 Å². The van der Waals surface area contributed by atoms with E-state index in [1.54, 1.807) is 0 Å². The Hall–Kier alpha value is -0.0900. The molecular formula is C10H23NO2S. The topological polar surface area (TPSA) is 46.2 Å². The van der Waals surface area contributed by atoms with Crippen LogP contribution in [0.1, 0.15) is 39.0 Å². The third-order valence-corrected chi connectivity index (χ3v) is 3.39. The van der Waals surface area contributed by atoms with Gasteiger partial charge in [0.15, 0.2) is 0 Å². The Balaban J connectivity index is 3.52. The summed E-state index contributed by atoms with van der Waals surface area (Å²) in [6.07, 6.45) is 6.53. The second-order valence-corrected chi connectivity index (χ2v) is 6.16. The lowest BCUT2D eigenvalue weighted by atomic mass is 10.1. The van der Waals surface area contributed by atoms with Crippen LogP contribution in [-0.4, -0.2) is 33.5 Å². The molecule has 1 unspecified atom stereocenters. The normalized spacial score (nSPS) is 14.2. The lowest BCUT2D eigenvalue weighted by molar-refractivity contribution is 0.466. The highest BCUT2D eigenvalue weighted by molar-refractivity contribution is 7.90. The fraction of sp³-hybridized carbons (Fsp3) is 1.00. The van der Waals surface area contributed by atoms with Crippen molar-refractivity contribution in [3.63, 3.8) is 0 Å². The third-order valence-electron chi connectivity index (χ3n) is 2.36. The minimum absolute atomic E-state index is 0.329. The second kappa shape index (κ2) is 7.23. The van der Waals surface area contributed by atoms with Crippen molar-refractivity contribution in [3.05, 3.63) is 0 Å². The first-order chi connectivity index (χ1) is 6.49. The number of nitrogens with one attached hydrogen (secondary N) is 1. The van der Waals surface area contributed by atoms with Gasteiger partial charge in [0.1, 0.15) is 9.84 Å². The zero-order valence-corrected chi connectivity index (χ0v) is 10.4. The Morgan fingerprint density at radius 1 is 1.21 bits per heavy atom. The Labute approximate surface area is 88.2 Å². The maximum atomic E-state index is 10.9. The van der Waals surface area contributed by atoms with Gasteiger partial charge in [0.25, 0.3) is 0 Å². The number of rotatable bonds is 8. The molecule has 0 bridgehead atoms. The van der Waals surface area contributed by atoms with Crippen LogP contribution < -0.4 is 5.32 Å². The molecular weight excluding hydrogens is 198 g/mol. The summed E-state index contributed by atoms with van der Waals surface area (Å²) in [5.74, 6) is 0.329. The molecule has 14 heavy (non-hydrogen) atoms. The summed E-state index contributed by atoms with van der Waals surface area (Å²) in [6.45, 7) is 2.17. The van der Waals surface area contributed by atoms with E-state index < -0.39 is 9.84 Å². The summed E-state index contributed by atoms with van der Waals surface area (Å²) in [5, 5.41) is 3.25. The van der Waals surface area contributed by atoms with Crippen molar-refractivity contribution in [2.75, 3.05) is 19.1 Å². The highest BCUT2D eigenvalue weighted by Crippen LogP contribution is 2.07. The summed E-state index contributed by atoms with van der Waals surface area (Å²) in [5.41, 5.74) is 0. The molecule has 0 saturated carbocycles. The molecule has 1 N–H and O–H groups in total. The number of unbranched alkanes of at least 4 members (excludes halogenated alkanes) is 1. The van der Waals surface area contributed by atoms with Crippen molar-refractivity contribution < 1.29 is 8.42 Å². The molecule has 0 aliphatic carbocycles. The van der Waals surface area contributed by atoms with E-state index in [2.05, 4.69) is 12.2 Å². The molecule has 0 heterocycles. The van der Waals surface area contributed by atoms with E-state index in [4.69, 9.17) is 0 Å². The molecule has 0 aliphatic rings. The Kier molecular flexibility index (Phi) is 7.19. The molecule has 86 valence electrons. The van der Waals surface area contributed by atoms with Gasteiger partial charge >= 0.3 is 0 Å². The van der Waals surface area contributed by atoms with Crippen molar-refractivity contribution in [1.29, 1.82) is 0 Å². The number of sulfone groups is 1. The van der Waals surface area contributed by atoms with Crippen LogP contribution in [0.2, 0.25) is 0 Å². The molecule has 1 atom stereocenters. The molecule has 3 nitrogen and oxygen atoms in total. The molecule has 4 heteroatoms. The monoisotopic (exact) mass is 221 g/mol. The highest BCUT2D eigenvalue weighted by Gasteiger charge is 2.06. The van der Waals surface area contributed by atoms with Crippen LogP contribution in [0.25, 0.3) is 0 Å². The minimum atomic E-state index is -2.76. The van der Waals surface area contributed by atoms with E-state index in [9.17, 15) is 8.42 Å². The smallest absolute Gasteiger partial charge is 0.147 e. The predicted octanol–water partition coefficient (Wildman–Crippen LogP) is 1.59. The first kappa shape index (κ1) is 13.9. The fourth-order valence-corrected chi connectivity index (χ4v) is 2.26. The van der Waals surface area contributed by atoms with Crippen molar-refractivity contribution >= 4 is 9.84 Å². The Morgan fingerprint density at radius 2 is 1.86 bits per heavy atom. The first-order valence-corrected chi connectivity index (χ1v) is 7.40. The molecule has 0 aromatic carbocycles. The molecule has 0 fully saturated rings. The average Bonchev–Trinajstić information content (AvgIpc) is 2.08. The van der Waals surface area contributed by atoms with Crippen molar-refractivity contribution in [2.24, 2.45) is 0 Å². The zero-order chi connectivity index (χ0) is 11.0. The Morgan fingerprint density at radius 3 is 2.29 bits per heavy atom. The summed E-state index contributed by atoms with van der Waals surface area (Å²) in [7, 11) is -0.792. The quantitative estimate of drug-likeness (QED) is 0.633. The van der Waals surface area contributed by atoms with Crippen LogP contribution in [-0.2, 0) is 9.84 Å². The second-order valence-electron chi connectivity index (χ2n) is 3.90. The summed E-state index contributed by atoms with van der Waals surface area (Å²) < 4.78 is 21.7. The zero-order valence-electron chi connectivity index (χ0n) is 9.54. The van der Waals surface area contributed by atoms with E-state index in [1.165, 1.54) is 19.1 Å². The van der Waals surface area contributed by atoms with E-state index >= 15 is 0 Å². The highest BCUT2D eigenvalue weighted by atomic mass is 32.2. The third kappa shape index (κ3) is 8.51. The van der Waals surface area contributed by atoms with Crippen LogP contribution in [0.15, 0.2) is 0 Å². The van der Waals surface area contributed by atoms with Gasteiger partial charge in [-0.3, -0.25) is 0 Å². The molecule has 0 aromatic rings. The van der Waals surface area contributed by atoms with E-state index in [0.29, 0.717) is 11.8 Å². The van der Waals surface area contributed by atoms with Gasteiger partial charge in [0.2, 0.25) is 0 Å². The summed E-state index contributed by atoms with van der Waals surface area (Å²) in [6, 6.07) is 0.555. The lowest BCUT2D eigenvalue weighted by Gasteiger charge is -2.14. The number of hydrogen-bond donors (Lipinski definition) is 1. The summed E-state index contributed by atoms with van der Waals surface area (Å²) >= 11 is 0. The van der Waals surface area contributed by atoms with Crippen molar-refractivity contribution in [3.8, 4) is 0 Å². The van der Waals surface area contributed by atoms with Crippen LogP contribution in [0.3, 0.4) is 0 Å². The molecule has 0 aromatic heterocycles. The molecule has 0 radical (unpaired) electrons. The molecule has 0 rings (SSSR count). The number of hydrogen-bond acceptors (Lipinski definition) is 3. The largest absolute Gasteiger partial charge is 0.317 e. The van der Waals surface area contributed by atoms with Crippen LogP contribution in [0.5, 0.6) is 0 Å². The van der Waals surface area contributed by atoms with Gasteiger partial charge in [-0.15, -0.1) is 0 Å². The molecule has 0 saturated heterocycles. The fourth-order valence-electron chi connectivity index (χ4n) is 1.54. The molecule has 0 amide bonds. The van der Waals surface area contributed by atoms with Crippen molar-refractivity contribution in [2.45, 2.75) is 45.1 Å². The molecule has 0 aliphatic heterocycles. The Bertz CT molecular complexity index is 224. The van der Waals surface area contributed by atoms with Crippen LogP contribution >= 0.6 is 0 Å². The van der Waals surface area contributed by atoms with Crippen LogP contribution in [0.4, 0.5) is 0 Å². The van der Waals surface area contributed by atoms with Gasteiger partial charge < -0.3 is 5.32 Å². The van der Waals surface area contributed by atoms with E-state index in [0.717, 1.165) is 19.3 Å². The minimum Gasteiger partial charge on any atom is -0.317 e. The molecule has 0 spiro atoms. The lowest BCUT2D eigenvalue weighted by Crippen LogP contribution is -2.24. The SMILES string of the molecule is CCCC(CCCCS(C)(=O)=O)NC. The van der Waals surface area contributed by atoms with Crippen LogP contribution in [0, 0.1) is 0 Å². The first-order valence-electron chi connectivity index (χ1n) is 5.34. The standard InChI is InChI=1S/C10H23NO2S/c1-4-7-10(11-2)8-5-6-9-14(3,12)13/h10-11H,4-9H2,1-3H3. The van der Waals surface area contributed by atoms with Gasteiger partial charge in [-0.2, -0.15) is 0 Å². The van der Waals surface area contributed by atoms with E-state index in [-0.39, 0.29) is 0 Å². The van der Waals surface area contributed by atoms with Gasteiger partial charge in [-0.1, -0.05) is 19.8 Å². The predicted molar refractivity (Wildman–Crippen MR) is 61.3 cm³/mol. The average molecular weight is 221 g/mol. The maximum Gasteiger partial charge on any atom is 0.147 e. The van der Waals surface area contributed by atoms with Gasteiger partial charge in [0.05, 0.1) is 0 Å².